The highest BCUT2D eigenvalue weighted by molar-refractivity contribution is 9.10. The largest absolute Gasteiger partial charge is 0.490 e. The van der Waals surface area contributed by atoms with Crippen molar-refractivity contribution < 1.29 is 18.7 Å². The van der Waals surface area contributed by atoms with Crippen LogP contribution in [0.15, 0.2) is 64.6 Å². The van der Waals surface area contributed by atoms with Crippen molar-refractivity contribution in [2.45, 2.75) is 13.5 Å². The molecule has 3 aromatic rings. The third-order valence-electron chi connectivity index (χ3n) is 4.46. The fraction of sp³-hybridized carbons (Fsp3) is 0.120. The zero-order valence-corrected chi connectivity index (χ0v) is 21.0. The molecule has 1 amide bonds. The van der Waals surface area contributed by atoms with E-state index in [9.17, 15) is 14.4 Å². The average molecular weight is 564 g/mol. The number of benzene rings is 3. The van der Waals surface area contributed by atoms with Crippen molar-refractivity contribution in [1.82, 2.24) is 0 Å². The molecule has 0 aromatic heterocycles. The number of hydrogen-bond acceptors (Lipinski definition) is 4. The van der Waals surface area contributed by atoms with Crippen LogP contribution >= 0.6 is 39.1 Å². The van der Waals surface area contributed by atoms with Gasteiger partial charge < -0.3 is 14.8 Å². The van der Waals surface area contributed by atoms with Crippen LogP contribution in [0.1, 0.15) is 18.1 Å². The fourth-order valence-corrected chi connectivity index (χ4v) is 3.82. The highest BCUT2D eigenvalue weighted by Crippen LogP contribution is 2.38. The molecule has 0 atom stereocenters. The van der Waals surface area contributed by atoms with Gasteiger partial charge in [-0.25, -0.2) is 4.39 Å². The summed E-state index contributed by atoms with van der Waals surface area (Å²) in [7, 11) is 0. The lowest BCUT2D eigenvalue weighted by molar-refractivity contribution is -0.112. The molecule has 9 heteroatoms. The molecule has 0 fully saturated rings. The first kappa shape index (κ1) is 25.6. The standard InChI is InChI=1S/C25H18BrCl2FN2O3/c1-2-33-23-11-16(10-20(26)24(23)34-14-15-4-3-5-18(29)9-15)8-17(13-30)25(32)31-19-6-7-21(27)22(28)12-19/h3-12H,2,14H2,1H3,(H,31,32)/b17-8+. The first-order valence-corrected chi connectivity index (χ1v) is 11.6. The normalized spacial score (nSPS) is 11.0. The number of hydrogen-bond donors (Lipinski definition) is 1. The summed E-state index contributed by atoms with van der Waals surface area (Å²) in [5, 5.41) is 12.8. The van der Waals surface area contributed by atoms with E-state index in [0.717, 1.165) is 0 Å². The van der Waals surface area contributed by atoms with Crippen molar-refractivity contribution in [3.8, 4) is 17.6 Å². The molecular weight excluding hydrogens is 546 g/mol. The van der Waals surface area contributed by atoms with Gasteiger partial charge in [0.1, 0.15) is 24.1 Å². The van der Waals surface area contributed by atoms with Gasteiger partial charge in [0.15, 0.2) is 11.5 Å². The minimum atomic E-state index is -0.610. The number of nitrogens with zero attached hydrogens (tertiary/aromatic N) is 1. The van der Waals surface area contributed by atoms with Crippen molar-refractivity contribution in [3.05, 3.63) is 91.6 Å². The number of carbonyl (C=O) groups excluding carboxylic acids is 1. The molecule has 0 spiro atoms. The SMILES string of the molecule is CCOc1cc(/C=C(\C#N)C(=O)Nc2ccc(Cl)c(Cl)c2)cc(Br)c1OCc1cccc(F)c1. The van der Waals surface area contributed by atoms with Gasteiger partial charge in [0.25, 0.3) is 5.91 Å². The maximum atomic E-state index is 13.5. The third kappa shape index (κ3) is 6.73. The smallest absolute Gasteiger partial charge is 0.266 e. The molecule has 0 aliphatic carbocycles. The first-order valence-electron chi connectivity index (χ1n) is 10.0. The van der Waals surface area contributed by atoms with Crippen molar-refractivity contribution >= 4 is 56.8 Å². The third-order valence-corrected chi connectivity index (χ3v) is 5.79. The molecular formula is C25H18BrCl2FN2O3. The molecule has 0 saturated heterocycles. The van der Waals surface area contributed by atoms with E-state index < -0.39 is 5.91 Å². The monoisotopic (exact) mass is 562 g/mol. The number of nitrogens with one attached hydrogen (secondary N) is 1. The number of amides is 1. The summed E-state index contributed by atoms with van der Waals surface area (Å²) < 4.78 is 25.6. The van der Waals surface area contributed by atoms with Gasteiger partial charge in [-0.3, -0.25) is 4.79 Å². The summed E-state index contributed by atoms with van der Waals surface area (Å²) >= 11 is 15.3. The fourth-order valence-electron chi connectivity index (χ4n) is 2.94. The van der Waals surface area contributed by atoms with Crippen LogP contribution in [-0.2, 0) is 11.4 Å². The highest BCUT2D eigenvalue weighted by Gasteiger charge is 2.15. The molecule has 5 nitrogen and oxygen atoms in total. The molecule has 1 N–H and O–H groups in total. The van der Waals surface area contributed by atoms with E-state index in [4.69, 9.17) is 32.7 Å². The van der Waals surface area contributed by atoms with E-state index in [1.807, 2.05) is 13.0 Å². The van der Waals surface area contributed by atoms with Gasteiger partial charge in [-0.1, -0.05) is 35.3 Å². The Balaban J connectivity index is 1.85. The van der Waals surface area contributed by atoms with Crippen molar-refractivity contribution in [3.63, 3.8) is 0 Å². The zero-order chi connectivity index (χ0) is 24.7. The molecule has 0 heterocycles. The summed E-state index contributed by atoms with van der Waals surface area (Å²) in [6.07, 6.45) is 1.43. The quantitative estimate of drug-likeness (QED) is 0.229. The second-order valence-electron chi connectivity index (χ2n) is 6.93. The Morgan fingerprint density at radius 2 is 1.94 bits per heavy atom. The number of nitriles is 1. The van der Waals surface area contributed by atoms with Crippen LogP contribution < -0.4 is 14.8 Å². The van der Waals surface area contributed by atoms with E-state index in [-0.39, 0.29) is 23.0 Å². The summed E-state index contributed by atoms with van der Waals surface area (Å²) in [6, 6.07) is 16.0. The lowest BCUT2D eigenvalue weighted by Gasteiger charge is -2.15. The summed E-state index contributed by atoms with van der Waals surface area (Å²) in [6.45, 7) is 2.30. The summed E-state index contributed by atoms with van der Waals surface area (Å²) in [5.41, 5.74) is 1.46. The molecule has 0 unspecified atom stereocenters. The number of ether oxygens (including phenoxy) is 2. The zero-order valence-electron chi connectivity index (χ0n) is 17.9. The van der Waals surface area contributed by atoms with Gasteiger partial charge in [0.05, 0.1) is 21.1 Å². The Kier molecular flexibility index (Phi) is 8.94. The highest BCUT2D eigenvalue weighted by atomic mass is 79.9. The van der Waals surface area contributed by atoms with Crippen LogP contribution in [0, 0.1) is 17.1 Å². The molecule has 0 aliphatic rings. The predicted octanol–water partition coefficient (Wildman–Crippen LogP) is 7.42. The van der Waals surface area contributed by atoms with Crippen molar-refractivity contribution in [2.24, 2.45) is 0 Å². The van der Waals surface area contributed by atoms with Crippen LogP contribution in [0.2, 0.25) is 10.0 Å². The lowest BCUT2D eigenvalue weighted by atomic mass is 10.1. The maximum absolute atomic E-state index is 13.5. The number of rotatable bonds is 8. The summed E-state index contributed by atoms with van der Waals surface area (Å²) in [4.78, 5) is 12.6. The molecule has 3 rings (SSSR count). The molecule has 34 heavy (non-hydrogen) atoms. The molecule has 0 radical (unpaired) electrons. The topological polar surface area (TPSA) is 71.3 Å². The van der Waals surface area contributed by atoms with Gasteiger partial charge >= 0.3 is 0 Å². The second-order valence-corrected chi connectivity index (χ2v) is 8.60. The minimum absolute atomic E-state index is 0.126. The van der Waals surface area contributed by atoms with Crippen molar-refractivity contribution in [2.75, 3.05) is 11.9 Å². The van der Waals surface area contributed by atoms with Crippen LogP contribution in [0.25, 0.3) is 6.08 Å². The Bertz CT molecular complexity index is 1290. The number of carbonyl (C=O) groups is 1. The molecule has 174 valence electrons. The summed E-state index contributed by atoms with van der Waals surface area (Å²) in [5.74, 6) is -0.140. The van der Waals surface area contributed by atoms with E-state index >= 15 is 0 Å². The van der Waals surface area contributed by atoms with E-state index in [1.54, 1.807) is 36.4 Å². The Morgan fingerprint density at radius 3 is 2.62 bits per heavy atom. The van der Waals surface area contributed by atoms with Gasteiger partial charge in [0.2, 0.25) is 0 Å². The minimum Gasteiger partial charge on any atom is -0.490 e. The van der Waals surface area contributed by atoms with Gasteiger partial charge in [-0.05, 0) is 82.5 Å². The van der Waals surface area contributed by atoms with Crippen LogP contribution in [0.5, 0.6) is 11.5 Å². The van der Waals surface area contributed by atoms with Crippen LogP contribution in [0.4, 0.5) is 10.1 Å². The van der Waals surface area contributed by atoms with E-state index in [2.05, 4.69) is 21.2 Å². The molecule has 0 aliphatic heterocycles. The van der Waals surface area contributed by atoms with Crippen molar-refractivity contribution in [1.29, 1.82) is 5.26 Å². The lowest BCUT2D eigenvalue weighted by Crippen LogP contribution is -2.13. The maximum Gasteiger partial charge on any atom is 0.266 e. The average Bonchev–Trinajstić information content (AvgIpc) is 2.79. The number of anilines is 1. The second kappa shape index (κ2) is 11.9. The Morgan fingerprint density at radius 1 is 1.15 bits per heavy atom. The predicted molar refractivity (Wildman–Crippen MR) is 135 cm³/mol. The van der Waals surface area contributed by atoms with Gasteiger partial charge in [-0.2, -0.15) is 5.26 Å². The molecule has 0 saturated carbocycles. The number of halogens is 4. The first-order chi connectivity index (χ1) is 16.3. The van der Waals surface area contributed by atoms with E-state index in [0.29, 0.717) is 44.4 Å². The van der Waals surface area contributed by atoms with Gasteiger partial charge in [0, 0.05) is 5.69 Å². The van der Waals surface area contributed by atoms with Crippen LogP contribution in [0.3, 0.4) is 0 Å². The molecule has 3 aromatic carbocycles. The Labute approximate surface area is 214 Å². The molecule has 0 bridgehead atoms. The Hall–Kier alpha value is -3.05. The van der Waals surface area contributed by atoms with E-state index in [1.165, 1.54) is 24.3 Å². The van der Waals surface area contributed by atoms with Crippen LogP contribution in [-0.4, -0.2) is 12.5 Å². The van der Waals surface area contributed by atoms with Gasteiger partial charge in [-0.15, -0.1) is 0 Å².